The van der Waals surface area contributed by atoms with Crippen LogP contribution in [-0.2, 0) is 6.42 Å². The van der Waals surface area contributed by atoms with Gasteiger partial charge in [-0.2, -0.15) is 0 Å². The van der Waals surface area contributed by atoms with E-state index < -0.39 is 0 Å². The zero-order valence-electron chi connectivity index (χ0n) is 10.9. The fourth-order valence-electron chi connectivity index (χ4n) is 2.83. The fourth-order valence-corrected chi connectivity index (χ4v) is 4.50. The second-order valence-electron chi connectivity index (χ2n) is 4.97. The lowest BCUT2D eigenvalue weighted by molar-refractivity contribution is 1.11. The molecular weight excluding hydrogens is 417 g/mol. The maximum atomic E-state index is 6.41. The minimum absolute atomic E-state index is 0.733. The van der Waals surface area contributed by atoms with Crippen LogP contribution in [0, 0.1) is 0 Å². The topological polar surface area (TPSA) is 40.7 Å². The third kappa shape index (κ3) is 2.22. The maximum absolute atomic E-state index is 6.41. The zero-order chi connectivity index (χ0) is 14.4. The lowest BCUT2D eigenvalue weighted by Gasteiger charge is -2.07. The van der Waals surface area contributed by atoms with Crippen molar-refractivity contribution < 1.29 is 0 Å². The number of benzene rings is 1. The molecule has 0 unspecified atom stereocenters. The lowest BCUT2D eigenvalue weighted by Crippen LogP contribution is -1.91. The minimum atomic E-state index is 0.733. The van der Waals surface area contributed by atoms with Gasteiger partial charge in [0.25, 0.3) is 0 Å². The summed E-state index contributed by atoms with van der Waals surface area (Å²) in [7, 11) is 1.65. The molecular formula is C15H11ClIN3S. The van der Waals surface area contributed by atoms with Crippen molar-refractivity contribution in [2.75, 3.05) is 11.9 Å². The zero-order valence-corrected chi connectivity index (χ0v) is 14.6. The molecule has 0 fully saturated rings. The summed E-state index contributed by atoms with van der Waals surface area (Å²) in [6.07, 6.45) is 2.83. The Labute approximate surface area is 143 Å². The molecule has 4 rings (SSSR count). The van der Waals surface area contributed by atoms with E-state index in [1.807, 2.05) is 6.07 Å². The van der Waals surface area contributed by atoms with E-state index in [0.29, 0.717) is 0 Å². The van der Waals surface area contributed by atoms with Gasteiger partial charge in [0.05, 0.1) is 10.0 Å². The Bertz CT molecular complexity index is 846. The number of pyridine rings is 1. The van der Waals surface area contributed by atoms with E-state index in [1.54, 1.807) is 15.1 Å². The average molecular weight is 428 g/mol. The summed E-state index contributed by atoms with van der Waals surface area (Å²) >= 11 is 8.70. The number of rotatable bonds is 2. The van der Waals surface area contributed by atoms with Crippen LogP contribution in [0.4, 0.5) is 5.69 Å². The Balaban J connectivity index is 2.01. The van der Waals surface area contributed by atoms with Crippen molar-refractivity contribution in [1.29, 1.82) is 0 Å². The monoisotopic (exact) mass is 427 g/mol. The van der Waals surface area contributed by atoms with Crippen LogP contribution < -0.4 is 5.32 Å². The highest BCUT2D eigenvalue weighted by molar-refractivity contribution is 14.2. The molecule has 2 aromatic heterocycles. The Hall–Kier alpha value is -0.920. The van der Waals surface area contributed by atoms with Gasteiger partial charge < -0.3 is 10.3 Å². The molecule has 6 heteroatoms. The van der Waals surface area contributed by atoms with Crippen molar-refractivity contribution in [2.45, 2.75) is 11.4 Å². The molecule has 3 heterocycles. The molecule has 3 aromatic rings. The first kappa shape index (κ1) is 13.7. The van der Waals surface area contributed by atoms with Gasteiger partial charge in [0, 0.05) is 50.6 Å². The molecule has 0 spiro atoms. The predicted molar refractivity (Wildman–Crippen MR) is 98.6 cm³/mol. The van der Waals surface area contributed by atoms with E-state index in [2.05, 4.69) is 54.7 Å². The van der Waals surface area contributed by atoms with Crippen molar-refractivity contribution in [3.05, 3.63) is 41.0 Å². The third-order valence-corrected chi connectivity index (χ3v) is 5.89. The largest absolute Gasteiger partial charge is 0.384 e. The van der Waals surface area contributed by atoms with E-state index in [1.165, 1.54) is 16.8 Å². The van der Waals surface area contributed by atoms with Crippen LogP contribution in [0.3, 0.4) is 0 Å². The molecule has 0 bridgehead atoms. The summed E-state index contributed by atoms with van der Waals surface area (Å²) < 4.78 is 0. The molecule has 2 N–H and O–H groups in total. The second kappa shape index (κ2) is 5.37. The Morgan fingerprint density at radius 1 is 1.29 bits per heavy atom. The van der Waals surface area contributed by atoms with E-state index in [-0.39, 0.29) is 0 Å². The second-order valence-corrected chi connectivity index (χ2v) is 7.26. The SMILES string of the molecule is Clc1ccnc2[nH]c(SI)c(-c3ccc4c(c3)NCC4)c12. The molecule has 1 aliphatic heterocycles. The Morgan fingerprint density at radius 3 is 3.05 bits per heavy atom. The van der Waals surface area contributed by atoms with Gasteiger partial charge in [0.1, 0.15) is 5.65 Å². The van der Waals surface area contributed by atoms with Gasteiger partial charge in [-0.3, -0.25) is 0 Å². The molecule has 0 aliphatic carbocycles. The van der Waals surface area contributed by atoms with Gasteiger partial charge in [0.2, 0.25) is 0 Å². The van der Waals surface area contributed by atoms with Crippen molar-refractivity contribution in [3.63, 3.8) is 0 Å². The van der Waals surface area contributed by atoms with Gasteiger partial charge in [-0.25, -0.2) is 4.98 Å². The van der Waals surface area contributed by atoms with Gasteiger partial charge in [-0.15, -0.1) is 0 Å². The van der Waals surface area contributed by atoms with Gasteiger partial charge >= 0.3 is 0 Å². The predicted octanol–water partition coefficient (Wildman–Crippen LogP) is 5.29. The van der Waals surface area contributed by atoms with Crippen LogP contribution in [0.25, 0.3) is 22.2 Å². The molecule has 0 saturated heterocycles. The summed E-state index contributed by atoms with van der Waals surface area (Å²) in [5.74, 6) is 0. The molecule has 0 atom stereocenters. The van der Waals surface area contributed by atoms with E-state index >= 15 is 0 Å². The molecule has 1 aliphatic rings. The lowest BCUT2D eigenvalue weighted by atomic mass is 10.0. The summed E-state index contributed by atoms with van der Waals surface area (Å²) in [5.41, 5.74) is 5.75. The highest BCUT2D eigenvalue weighted by Crippen LogP contribution is 2.43. The van der Waals surface area contributed by atoms with E-state index in [4.69, 9.17) is 11.6 Å². The van der Waals surface area contributed by atoms with Crippen LogP contribution in [0.15, 0.2) is 35.5 Å². The first-order valence-corrected chi connectivity index (χ1v) is 10.3. The molecule has 21 heavy (non-hydrogen) atoms. The van der Waals surface area contributed by atoms with Gasteiger partial charge in [-0.1, -0.05) is 23.7 Å². The van der Waals surface area contributed by atoms with Crippen LogP contribution in [0.2, 0.25) is 5.02 Å². The summed E-state index contributed by atoms with van der Waals surface area (Å²) in [5, 5.41) is 6.25. The number of aromatic amines is 1. The van der Waals surface area contributed by atoms with Crippen molar-refractivity contribution in [1.82, 2.24) is 9.97 Å². The number of aromatic nitrogens is 2. The van der Waals surface area contributed by atoms with E-state index in [9.17, 15) is 0 Å². The summed E-state index contributed by atoms with van der Waals surface area (Å²) in [6.45, 7) is 1.02. The molecule has 3 nitrogen and oxygen atoms in total. The fraction of sp³-hybridized carbons (Fsp3) is 0.133. The number of anilines is 1. The number of hydrogen-bond donors (Lipinski definition) is 2. The number of H-pyrrole nitrogens is 1. The molecule has 106 valence electrons. The van der Waals surface area contributed by atoms with Gasteiger partial charge in [-0.05, 0) is 38.6 Å². The smallest absolute Gasteiger partial charge is 0.140 e. The van der Waals surface area contributed by atoms with Crippen LogP contribution in [0.5, 0.6) is 0 Å². The van der Waals surface area contributed by atoms with Crippen molar-refractivity contribution >= 4 is 58.5 Å². The molecule has 1 aromatic carbocycles. The summed E-state index contributed by atoms with van der Waals surface area (Å²) in [6, 6.07) is 8.43. The first-order valence-electron chi connectivity index (χ1n) is 6.60. The Kier molecular flexibility index (Phi) is 3.51. The maximum Gasteiger partial charge on any atom is 0.140 e. The first-order chi connectivity index (χ1) is 10.3. The van der Waals surface area contributed by atoms with Crippen molar-refractivity contribution in [3.8, 4) is 11.1 Å². The Morgan fingerprint density at radius 2 is 2.19 bits per heavy atom. The number of nitrogens with one attached hydrogen (secondary N) is 2. The average Bonchev–Trinajstić information content (AvgIpc) is 3.10. The molecule has 0 amide bonds. The van der Waals surface area contributed by atoms with Crippen LogP contribution in [0.1, 0.15) is 5.56 Å². The summed E-state index contributed by atoms with van der Waals surface area (Å²) in [4.78, 5) is 7.76. The van der Waals surface area contributed by atoms with Crippen LogP contribution in [-0.4, -0.2) is 16.5 Å². The number of fused-ring (bicyclic) bond motifs is 2. The standard InChI is InChI=1S/C15H11ClIN3S/c16-10-4-6-19-14-13(10)12(15(20-14)21-17)9-2-1-8-3-5-18-11(8)7-9/h1-2,4,6-7,18H,3,5H2,(H,19,20). The molecule has 0 radical (unpaired) electrons. The number of nitrogens with zero attached hydrogens (tertiary/aromatic N) is 1. The molecule has 0 saturated carbocycles. The minimum Gasteiger partial charge on any atom is -0.384 e. The third-order valence-electron chi connectivity index (χ3n) is 3.79. The van der Waals surface area contributed by atoms with E-state index in [0.717, 1.165) is 39.6 Å². The van der Waals surface area contributed by atoms with Gasteiger partial charge in [0.15, 0.2) is 0 Å². The highest BCUT2D eigenvalue weighted by atomic mass is 127. The highest BCUT2D eigenvalue weighted by Gasteiger charge is 2.19. The normalized spacial score (nSPS) is 13.4. The van der Waals surface area contributed by atoms with Crippen LogP contribution >= 0.6 is 41.7 Å². The van der Waals surface area contributed by atoms with Crippen molar-refractivity contribution in [2.24, 2.45) is 0 Å². The number of halogens is 2. The quantitative estimate of drug-likeness (QED) is 0.546. The number of hydrogen-bond acceptors (Lipinski definition) is 3.